The number of carboxylic acid groups (broad SMARTS) is 1. The molecule has 2 heterocycles. The topological polar surface area (TPSA) is 222 Å². The zero-order valence-corrected chi connectivity index (χ0v) is 34.1. The van der Waals surface area contributed by atoms with Gasteiger partial charge in [-0.05, 0) is 104 Å². The van der Waals surface area contributed by atoms with E-state index in [0.717, 1.165) is 52.1 Å². The van der Waals surface area contributed by atoms with E-state index in [-0.39, 0.29) is 52.6 Å². The molecule has 14 nitrogen and oxygen atoms in total. The second-order valence-electron chi connectivity index (χ2n) is 20.3. The number of allylic oxidation sites excluding steroid dienone is 2. The highest BCUT2D eigenvalue weighted by molar-refractivity contribution is 5.77. The van der Waals surface area contributed by atoms with E-state index in [1.807, 2.05) is 6.92 Å². The Bertz CT molecular complexity index is 1550. The molecule has 0 aromatic heterocycles. The molecule has 0 bridgehead atoms. The molecule has 4 saturated carbocycles. The Labute approximate surface area is 329 Å². The Morgan fingerprint density at radius 2 is 1.52 bits per heavy atom. The van der Waals surface area contributed by atoms with Gasteiger partial charge in [0.1, 0.15) is 36.6 Å². The largest absolute Gasteiger partial charge is 0.481 e. The summed E-state index contributed by atoms with van der Waals surface area (Å²) >= 11 is 0. The summed E-state index contributed by atoms with van der Waals surface area (Å²) < 4.78 is 28.3. The lowest BCUT2D eigenvalue weighted by molar-refractivity contribution is -0.354. The number of methoxy groups -OCH3 is 1. The van der Waals surface area contributed by atoms with E-state index in [4.69, 9.17) is 18.9 Å². The number of carbonyl (C=O) groups excluding carboxylic acids is 1. The minimum absolute atomic E-state index is 0.0183. The lowest BCUT2D eigenvalue weighted by atomic mass is 9.33. The molecule has 18 atom stereocenters. The normalized spacial score (nSPS) is 52.7. The third kappa shape index (κ3) is 6.17. The van der Waals surface area contributed by atoms with Crippen molar-refractivity contribution in [3.05, 3.63) is 11.6 Å². The third-order valence-corrected chi connectivity index (χ3v) is 17.2. The highest BCUT2D eigenvalue weighted by Gasteiger charge is 2.70. The van der Waals surface area contributed by atoms with Crippen molar-refractivity contribution in [3.8, 4) is 0 Å². The number of aliphatic hydroxyl groups excluding tert-OH is 6. The van der Waals surface area contributed by atoms with Crippen molar-refractivity contribution in [2.75, 3.05) is 20.3 Å². The van der Waals surface area contributed by atoms with Gasteiger partial charge in [-0.25, -0.2) is 4.79 Å². The Hall–Kier alpha value is -1.72. The van der Waals surface area contributed by atoms with Gasteiger partial charge in [0, 0.05) is 5.41 Å². The molecule has 0 spiro atoms. The van der Waals surface area contributed by atoms with Crippen LogP contribution in [-0.4, -0.2) is 129 Å². The Balaban J connectivity index is 1.11. The third-order valence-electron chi connectivity index (χ3n) is 17.2. The minimum atomic E-state index is -1.84. The molecule has 0 aromatic rings. The molecule has 0 amide bonds. The van der Waals surface area contributed by atoms with Crippen molar-refractivity contribution in [2.24, 2.45) is 50.2 Å². The van der Waals surface area contributed by atoms with Crippen LogP contribution in [0, 0.1) is 50.2 Å². The number of fused-ring (bicyclic) bond motifs is 7. The first-order valence-electron chi connectivity index (χ1n) is 20.7. The first-order chi connectivity index (χ1) is 26.1. The molecule has 2 aliphatic heterocycles. The van der Waals surface area contributed by atoms with E-state index >= 15 is 0 Å². The molecule has 56 heavy (non-hydrogen) atoms. The van der Waals surface area contributed by atoms with Crippen LogP contribution in [0.5, 0.6) is 0 Å². The average Bonchev–Trinajstić information content (AvgIpc) is 3.14. The van der Waals surface area contributed by atoms with E-state index < -0.39 is 84.2 Å². The van der Waals surface area contributed by atoms with Gasteiger partial charge < -0.3 is 59.4 Å². The van der Waals surface area contributed by atoms with Crippen LogP contribution in [0.15, 0.2) is 11.6 Å². The highest BCUT2D eigenvalue weighted by Crippen LogP contribution is 2.76. The fraction of sp³-hybridized carbons (Fsp3) is 0.905. The zero-order valence-electron chi connectivity index (χ0n) is 34.1. The number of aliphatic hydroxyl groups is 6. The molecule has 6 fully saturated rings. The molecule has 7 aliphatic rings. The predicted octanol–water partition coefficient (Wildman–Crippen LogP) is 2.67. The van der Waals surface area contributed by atoms with Crippen molar-refractivity contribution in [3.63, 3.8) is 0 Å². The summed E-state index contributed by atoms with van der Waals surface area (Å²) in [5.74, 6) is -1.29. The van der Waals surface area contributed by atoms with Crippen LogP contribution < -0.4 is 0 Å². The number of hydrogen-bond acceptors (Lipinski definition) is 13. The Kier molecular flexibility index (Phi) is 11.0. The fourth-order valence-corrected chi connectivity index (χ4v) is 13.5. The van der Waals surface area contributed by atoms with Gasteiger partial charge in [0.25, 0.3) is 0 Å². The van der Waals surface area contributed by atoms with Gasteiger partial charge >= 0.3 is 11.9 Å². The SMILES string of the molecule is COC(=O)[C@H]1O[C@@H](O[C@@H]2[C@@H](O)[C@H](O[C@H]3CC[C@@]4(C)[C@@H](CC[C@]5(C)[C@@H]4CC=C4[C@@H]6CC(C)(C)CC[C@]6(C(=O)O)CC[C@]45C)[C@]3(C)CO)OC[C@@H]2O)[C@H](O)[C@@H](O)[C@@H]1O. The number of hydrogen-bond donors (Lipinski definition) is 7. The van der Waals surface area contributed by atoms with E-state index in [2.05, 4.69) is 45.4 Å². The first-order valence-corrected chi connectivity index (χ1v) is 20.7. The van der Waals surface area contributed by atoms with Gasteiger partial charge in [0.2, 0.25) is 0 Å². The standard InChI is InChI=1S/C42H66O14/c1-37(2)14-16-42(36(50)51)17-15-40(5)21(22(42)18-37)8-9-25-38(3)12-11-26(39(4,20-43)24(38)10-13-41(25,40)6)54-34-30(48)31(23(44)19-53-34)55-35-29(47)27(45)28(46)32(56-35)33(49)52-7/h8,22-32,34-35,43-48H,9-20H2,1-7H3,(H,50,51)/t22-,23-,24+,25+,26-,27-,28-,29+,30+,31-,32-,34-,35+,38-,39-,40+,41+,42-/m0/s1. The van der Waals surface area contributed by atoms with Crippen LogP contribution in [0.4, 0.5) is 0 Å². The highest BCUT2D eigenvalue weighted by atomic mass is 16.7. The number of ether oxygens (including phenoxy) is 5. The quantitative estimate of drug-likeness (QED) is 0.112. The van der Waals surface area contributed by atoms with Gasteiger partial charge in [0.15, 0.2) is 18.7 Å². The second-order valence-corrected chi connectivity index (χ2v) is 20.3. The maximum Gasteiger partial charge on any atom is 0.337 e. The molecule has 0 radical (unpaired) electrons. The maximum absolute atomic E-state index is 13.0. The van der Waals surface area contributed by atoms with Gasteiger partial charge in [-0.15, -0.1) is 0 Å². The van der Waals surface area contributed by atoms with Crippen LogP contribution in [0.2, 0.25) is 0 Å². The van der Waals surface area contributed by atoms with Crippen LogP contribution >= 0.6 is 0 Å². The summed E-state index contributed by atoms with van der Waals surface area (Å²) in [7, 11) is 1.07. The Morgan fingerprint density at radius 3 is 2.18 bits per heavy atom. The summed E-state index contributed by atoms with van der Waals surface area (Å²) in [6.07, 6.45) is -4.68. The number of esters is 1. The van der Waals surface area contributed by atoms with Gasteiger partial charge in [-0.1, -0.05) is 53.2 Å². The summed E-state index contributed by atoms with van der Waals surface area (Å²) in [5.41, 5.74) is -0.404. The van der Waals surface area contributed by atoms with E-state index in [1.165, 1.54) is 5.57 Å². The number of rotatable bonds is 7. The van der Waals surface area contributed by atoms with Crippen molar-refractivity contribution >= 4 is 11.9 Å². The summed E-state index contributed by atoms with van der Waals surface area (Å²) in [4.78, 5) is 25.3. The molecule has 5 aliphatic carbocycles. The zero-order chi connectivity index (χ0) is 41.0. The van der Waals surface area contributed by atoms with Crippen molar-refractivity contribution in [1.29, 1.82) is 0 Å². The summed E-state index contributed by atoms with van der Waals surface area (Å²) in [6.45, 7) is 13.4. The number of carbonyl (C=O) groups is 2. The van der Waals surface area contributed by atoms with Crippen molar-refractivity contribution < 1.29 is 69.0 Å². The van der Waals surface area contributed by atoms with Crippen LogP contribution in [-0.2, 0) is 33.3 Å². The number of carboxylic acids is 1. The van der Waals surface area contributed by atoms with E-state index in [1.54, 1.807) is 0 Å². The summed E-state index contributed by atoms with van der Waals surface area (Å²) in [6, 6.07) is 0. The molecule has 0 aromatic carbocycles. The van der Waals surface area contributed by atoms with Crippen molar-refractivity contribution in [2.45, 2.75) is 167 Å². The van der Waals surface area contributed by atoms with Crippen LogP contribution in [0.25, 0.3) is 0 Å². The number of aliphatic carboxylic acids is 1. The molecular weight excluding hydrogens is 728 g/mol. The molecule has 318 valence electrons. The summed E-state index contributed by atoms with van der Waals surface area (Å²) in [5, 5.41) is 75.7. The maximum atomic E-state index is 13.0. The fourth-order valence-electron chi connectivity index (χ4n) is 13.5. The van der Waals surface area contributed by atoms with Crippen LogP contribution in [0.3, 0.4) is 0 Å². The minimum Gasteiger partial charge on any atom is -0.481 e. The lowest BCUT2D eigenvalue weighted by Crippen LogP contribution is -2.67. The van der Waals surface area contributed by atoms with Gasteiger partial charge in [-0.2, -0.15) is 0 Å². The molecule has 0 unspecified atom stereocenters. The second kappa shape index (κ2) is 14.5. The van der Waals surface area contributed by atoms with Gasteiger partial charge in [-0.3, -0.25) is 4.79 Å². The smallest absolute Gasteiger partial charge is 0.337 e. The molecule has 7 N–H and O–H groups in total. The molecule has 7 rings (SSSR count). The van der Waals surface area contributed by atoms with Crippen LogP contribution in [0.1, 0.15) is 106 Å². The average molecular weight is 795 g/mol. The van der Waals surface area contributed by atoms with E-state index in [9.17, 15) is 45.3 Å². The lowest BCUT2D eigenvalue weighted by Gasteiger charge is -2.71. The first kappa shape index (κ1) is 42.4. The molecule has 2 saturated heterocycles. The predicted molar refractivity (Wildman–Crippen MR) is 198 cm³/mol. The van der Waals surface area contributed by atoms with Gasteiger partial charge in [0.05, 0.1) is 31.8 Å². The van der Waals surface area contributed by atoms with Crippen molar-refractivity contribution in [1.82, 2.24) is 0 Å². The monoisotopic (exact) mass is 794 g/mol. The molecule has 14 heteroatoms. The Morgan fingerprint density at radius 1 is 0.821 bits per heavy atom. The van der Waals surface area contributed by atoms with E-state index in [0.29, 0.717) is 19.3 Å². The molecular formula is C42H66O14.